The number of aliphatic hydroxyl groups is 1. The topological polar surface area (TPSA) is 45.0 Å². The summed E-state index contributed by atoms with van der Waals surface area (Å²) in [5.74, 6) is 0.400. The molecule has 0 saturated carbocycles. The highest BCUT2D eigenvalue weighted by atomic mass is 16.3. The first-order valence-electron chi connectivity index (χ1n) is 3.54. The minimum Gasteiger partial charge on any atom is -0.511 e. The Labute approximate surface area is 64.5 Å². The van der Waals surface area contributed by atoms with Crippen molar-refractivity contribution in [1.82, 2.24) is 0 Å². The monoisotopic (exact) mass is 148 g/mol. The first-order chi connectivity index (χ1) is 5.38. The van der Waals surface area contributed by atoms with Crippen molar-refractivity contribution in [2.45, 2.75) is 6.42 Å². The number of rotatable bonds is 1. The standard InChI is InChI=1S/C8H8N2O/c11-8-3-1-2-6(8)7-4-5-9-10-7/h1-2,4,11H,3,5H2. The van der Waals surface area contributed by atoms with Crippen LogP contribution in [0.5, 0.6) is 0 Å². The van der Waals surface area contributed by atoms with E-state index in [0.29, 0.717) is 18.7 Å². The molecule has 0 spiro atoms. The van der Waals surface area contributed by atoms with E-state index in [9.17, 15) is 5.11 Å². The lowest BCUT2D eigenvalue weighted by molar-refractivity contribution is 0.400. The van der Waals surface area contributed by atoms with Crippen molar-refractivity contribution in [3.63, 3.8) is 0 Å². The van der Waals surface area contributed by atoms with Gasteiger partial charge in [-0.3, -0.25) is 0 Å². The maximum atomic E-state index is 9.32. The van der Waals surface area contributed by atoms with Gasteiger partial charge in [-0.15, -0.1) is 0 Å². The average Bonchev–Trinajstić information content (AvgIpc) is 2.55. The largest absolute Gasteiger partial charge is 0.511 e. The zero-order chi connectivity index (χ0) is 7.68. The zero-order valence-corrected chi connectivity index (χ0v) is 5.99. The Kier molecular flexibility index (Phi) is 1.35. The summed E-state index contributed by atoms with van der Waals surface area (Å²) in [6.07, 6.45) is 6.33. The predicted octanol–water partition coefficient (Wildman–Crippen LogP) is 2.11. The van der Waals surface area contributed by atoms with Crippen molar-refractivity contribution < 1.29 is 5.11 Å². The molecule has 56 valence electrons. The quantitative estimate of drug-likeness (QED) is 0.608. The van der Waals surface area contributed by atoms with Crippen molar-refractivity contribution in [2.24, 2.45) is 10.2 Å². The van der Waals surface area contributed by atoms with Crippen LogP contribution in [0.15, 0.2) is 45.5 Å². The first-order valence-corrected chi connectivity index (χ1v) is 3.54. The summed E-state index contributed by atoms with van der Waals surface area (Å²) in [5, 5.41) is 17.0. The molecule has 1 aliphatic heterocycles. The molecule has 2 aliphatic rings. The van der Waals surface area contributed by atoms with Crippen LogP contribution in [0.4, 0.5) is 0 Å². The Morgan fingerprint density at radius 2 is 2.36 bits per heavy atom. The molecule has 2 rings (SSSR count). The molecule has 11 heavy (non-hydrogen) atoms. The molecular formula is C8H8N2O. The van der Waals surface area contributed by atoms with Crippen LogP contribution in [0, 0.1) is 0 Å². The van der Waals surface area contributed by atoms with Gasteiger partial charge >= 0.3 is 0 Å². The molecule has 0 saturated heterocycles. The molecule has 0 aromatic heterocycles. The number of hydrogen-bond acceptors (Lipinski definition) is 3. The van der Waals surface area contributed by atoms with E-state index in [1.165, 1.54) is 0 Å². The van der Waals surface area contributed by atoms with E-state index >= 15 is 0 Å². The fraction of sp³-hybridized carbons (Fsp3) is 0.250. The number of aliphatic hydroxyl groups excluding tert-OH is 1. The lowest BCUT2D eigenvalue weighted by atomic mass is 10.2. The lowest BCUT2D eigenvalue weighted by Gasteiger charge is -1.96. The fourth-order valence-electron chi connectivity index (χ4n) is 1.18. The molecule has 0 unspecified atom stereocenters. The van der Waals surface area contributed by atoms with E-state index in [1.807, 2.05) is 18.2 Å². The van der Waals surface area contributed by atoms with E-state index in [2.05, 4.69) is 10.2 Å². The molecule has 0 atom stereocenters. The third kappa shape index (κ3) is 0.981. The molecule has 1 aliphatic carbocycles. The maximum absolute atomic E-state index is 9.32. The average molecular weight is 148 g/mol. The van der Waals surface area contributed by atoms with Crippen molar-refractivity contribution in [3.8, 4) is 0 Å². The molecular weight excluding hydrogens is 140 g/mol. The number of azo groups is 1. The molecule has 1 heterocycles. The van der Waals surface area contributed by atoms with E-state index in [1.54, 1.807) is 0 Å². The van der Waals surface area contributed by atoms with E-state index in [0.717, 1.165) is 11.3 Å². The lowest BCUT2D eigenvalue weighted by Crippen LogP contribution is -1.83. The highest BCUT2D eigenvalue weighted by Gasteiger charge is 2.13. The molecule has 0 radical (unpaired) electrons. The highest BCUT2D eigenvalue weighted by Crippen LogP contribution is 2.26. The number of nitrogens with zero attached hydrogens (tertiary/aromatic N) is 2. The van der Waals surface area contributed by atoms with E-state index in [4.69, 9.17) is 0 Å². The van der Waals surface area contributed by atoms with Crippen molar-refractivity contribution in [3.05, 3.63) is 35.3 Å². The summed E-state index contributed by atoms with van der Waals surface area (Å²) in [7, 11) is 0. The van der Waals surface area contributed by atoms with Gasteiger partial charge in [0.25, 0.3) is 0 Å². The van der Waals surface area contributed by atoms with Crippen LogP contribution in [-0.4, -0.2) is 11.7 Å². The van der Waals surface area contributed by atoms with E-state index < -0.39 is 0 Å². The molecule has 1 N–H and O–H groups in total. The minimum atomic E-state index is 0.400. The fourth-order valence-corrected chi connectivity index (χ4v) is 1.18. The summed E-state index contributed by atoms with van der Waals surface area (Å²) < 4.78 is 0. The normalized spacial score (nSPS) is 21.6. The summed E-state index contributed by atoms with van der Waals surface area (Å²) in [4.78, 5) is 0. The van der Waals surface area contributed by atoms with Gasteiger partial charge in [0, 0.05) is 12.0 Å². The van der Waals surface area contributed by atoms with Crippen LogP contribution in [0.2, 0.25) is 0 Å². The van der Waals surface area contributed by atoms with Crippen LogP contribution < -0.4 is 0 Å². The maximum Gasteiger partial charge on any atom is 0.105 e. The van der Waals surface area contributed by atoms with Gasteiger partial charge in [-0.05, 0) is 6.08 Å². The highest BCUT2D eigenvalue weighted by molar-refractivity contribution is 5.45. The van der Waals surface area contributed by atoms with Crippen LogP contribution in [-0.2, 0) is 0 Å². The van der Waals surface area contributed by atoms with Crippen LogP contribution in [0.1, 0.15) is 6.42 Å². The Bertz CT molecular complexity index is 297. The van der Waals surface area contributed by atoms with Gasteiger partial charge in [0.2, 0.25) is 0 Å². The van der Waals surface area contributed by atoms with Gasteiger partial charge in [0.1, 0.15) is 5.76 Å². The summed E-state index contributed by atoms with van der Waals surface area (Å²) in [5.41, 5.74) is 1.63. The van der Waals surface area contributed by atoms with Crippen LogP contribution in [0.25, 0.3) is 0 Å². The first kappa shape index (κ1) is 6.34. The summed E-state index contributed by atoms with van der Waals surface area (Å²) >= 11 is 0. The van der Waals surface area contributed by atoms with Crippen LogP contribution in [0.3, 0.4) is 0 Å². The molecule has 3 nitrogen and oxygen atoms in total. The van der Waals surface area contributed by atoms with Gasteiger partial charge in [-0.2, -0.15) is 10.2 Å². The third-order valence-corrected chi connectivity index (χ3v) is 1.73. The molecule has 3 heteroatoms. The second kappa shape index (κ2) is 2.34. The smallest absolute Gasteiger partial charge is 0.105 e. The van der Waals surface area contributed by atoms with Gasteiger partial charge in [0.05, 0.1) is 12.2 Å². The van der Waals surface area contributed by atoms with Gasteiger partial charge in [0.15, 0.2) is 0 Å². The Balaban J connectivity index is 2.34. The van der Waals surface area contributed by atoms with E-state index in [-0.39, 0.29) is 0 Å². The van der Waals surface area contributed by atoms with Crippen molar-refractivity contribution in [2.75, 3.05) is 6.54 Å². The second-order valence-corrected chi connectivity index (χ2v) is 2.48. The Hall–Kier alpha value is -1.38. The number of allylic oxidation sites excluding steroid dienone is 2. The zero-order valence-electron chi connectivity index (χ0n) is 5.99. The predicted molar refractivity (Wildman–Crippen MR) is 41.2 cm³/mol. The summed E-state index contributed by atoms with van der Waals surface area (Å²) in [6.45, 7) is 0.639. The SMILES string of the molecule is OC1=C(C2=CCN=N2)C=CC1. The van der Waals surface area contributed by atoms with Crippen LogP contribution >= 0.6 is 0 Å². The van der Waals surface area contributed by atoms with Gasteiger partial charge < -0.3 is 5.11 Å². The molecule has 0 aromatic carbocycles. The Morgan fingerprint density at radius 3 is 2.91 bits per heavy atom. The van der Waals surface area contributed by atoms with Crippen molar-refractivity contribution >= 4 is 0 Å². The summed E-state index contributed by atoms with van der Waals surface area (Å²) in [6, 6.07) is 0. The second-order valence-electron chi connectivity index (χ2n) is 2.48. The number of hydrogen-bond donors (Lipinski definition) is 1. The third-order valence-electron chi connectivity index (χ3n) is 1.73. The molecule has 0 bridgehead atoms. The minimum absolute atomic E-state index is 0.400. The Morgan fingerprint density at radius 1 is 1.45 bits per heavy atom. The van der Waals surface area contributed by atoms with Gasteiger partial charge in [-0.25, -0.2) is 0 Å². The van der Waals surface area contributed by atoms with Crippen molar-refractivity contribution in [1.29, 1.82) is 0 Å². The molecule has 0 amide bonds. The van der Waals surface area contributed by atoms with Gasteiger partial charge in [-0.1, -0.05) is 12.2 Å². The molecule has 0 fully saturated rings. The molecule has 0 aromatic rings.